The van der Waals surface area contributed by atoms with Crippen LogP contribution in [-0.4, -0.2) is 18.5 Å². The average Bonchev–Trinajstić information content (AvgIpc) is 2.29. The Balaban J connectivity index is 2.36. The first-order chi connectivity index (χ1) is 7.15. The smallest absolute Gasteiger partial charge is 0.233 e. The van der Waals surface area contributed by atoms with Gasteiger partial charge in [0.15, 0.2) is 0 Å². The van der Waals surface area contributed by atoms with Gasteiger partial charge in [0, 0.05) is 6.04 Å². The molecular formula is C12H24N2O. The minimum Gasteiger partial charge on any atom is -0.352 e. The van der Waals surface area contributed by atoms with Gasteiger partial charge in [0.25, 0.3) is 0 Å². The minimum atomic E-state index is -0.0369. The van der Waals surface area contributed by atoms with Crippen LogP contribution >= 0.6 is 0 Å². The molecule has 15 heavy (non-hydrogen) atoms. The molecule has 1 amide bonds. The van der Waals surface area contributed by atoms with E-state index in [9.17, 15) is 4.79 Å². The molecule has 0 spiro atoms. The number of amides is 1. The summed E-state index contributed by atoms with van der Waals surface area (Å²) in [5.41, 5.74) is 5.29. The van der Waals surface area contributed by atoms with Crippen molar-refractivity contribution in [3.63, 3.8) is 0 Å². The van der Waals surface area contributed by atoms with Gasteiger partial charge in [0.05, 0.1) is 6.54 Å². The van der Waals surface area contributed by atoms with Crippen LogP contribution in [0.1, 0.15) is 46.0 Å². The van der Waals surface area contributed by atoms with Crippen LogP contribution in [0.3, 0.4) is 0 Å². The molecule has 1 rings (SSSR count). The lowest BCUT2D eigenvalue weighted by Crippen LogP contribution is -2.42. The molecule has 3 heteroatoms. The molecule has 1 aliphatic carbocycles. The molecular weight excluding hydrogens is 188 g/mol. The lowest BCUT2D eigenvalue weighted by atomic mass is 9.78. The second-order valence-corrected chi connectivity index (χ2v) is 4.82. The van der Waals surface area contributed by atoms with Gasteiger partial charge < -0.3 is 11.1 Å². The first-order valence-electron chi connectivity index (χ1n) is 6.14. The lowest BCUT2D eigenvalue weighted by Gasteiger charge is -2.32. The van der Waals surface area contributed by atoms with Gasteiger partial charge in [-0.25, -0.2) is 0 Å². The molecule has 2 unspecified atom stereocenters. The maximum Gasteiger partial charge on any atom is 0.233 e. The Morgan fingerprint density at radius 1 is 1.33 bits per heavy atom. The lowest BCUT2D eigenvalue weighted by molar-refractivity contribution is -0.120. The van der Waals surface area contributed by atoms with Gasteiger partial charge in [0.1, 0.15) is 0 Å². The third kappa shape index (κ3) is 3.82. The SMILES string of the molecule is CC(NC(=O)CN)C(C)C1CCCCC1. The number of rotatable bonds is 4. The van der Waals surface area contributed by atoms with Crippen LogP contribution in [0.25, 0.3) is 0 Å². The van der Waals surface area contributed by atoms with E-state index < -0.39 is 0 Å². The molecule has 2 atom stereocenters. The van der Waals surface area contributed by atoms with Gasteiger partial charge in [-0.3, -0.25) is 4.79 Å². The summed E-state index contributed by atoms with van der Waals surface area (Å²) in [6.07, 6.45) is 6.74. The van der Waals surface area contributed by atoms with Crippen LogP contribution < -0.4 is 11.1 Å². The molecule has 88 valence electrons. The molecule has 0 bridgehead atoms. The van der Waals surface area contributed by atoms with Crippen molar-refractivity contribution in [1.29, 1.82) is 0 Å². The first-order valence-corrected chi connectivity index (χ1v) is 6.14. The van der Waals surface area contributed by atoms with Gasteiger partial charge in [-0.15, -0.1) is 0 Å². The van der Waals surface area contributed by atoms with Crippen molar-refractivity contribution in [2.24, 2.45) is 17.6 Å². The zero-order chi connectivity index (χ0) is 11.3. The molecule has 0 saturated heterocycles. The number of carbonyl (C=O) groups excluding carboxylic acids is 1. The zero-order valence-electron chi connectivity index (χ0n) is 9.96. The molecule has 0 aliphatic heterocycles. The highest BCUT2D eigenvalue weighted by Gasteiger charge is 2.24. The normalized spacial score (nSPS) is 22.1. The van der Waals surface area contributed by atoms with Crippen LogP contribution in [0.15, 0.2) is 0 Å². The van der Waals surface area contributed by atoms with E-state index in [4.69, 9.17) is 5.73 Å². The van der Waals surface area contributed by atoms with Gasteiger partial charge in [-0.2, -0.15) is 0 Å². The molecule has 3 nitrogen and oxygen atoms in total. The molecule has 0 heterocycles. The Hall–Kier alpha value is -0.570. The van der Waals surface area contributed by atoms with E-state index in [1.165, 1.54) is 32.1 Å². The molecule has 0 aromatic rings. The van der Waals surface area contributed by atoms with Crippen LogP contribution in [0, 0.1) is 11.8 Å². The van der Waals surface area contributed by atoms with E-state index in [-0.39, 0.29) is 18.5 Å². The summed E-state index contributed by atoms with van der Waals surface area (Å²) in [5.74, 6) is 1.32. The van der Waals surface area contributed by atoms with Crippen LogP contribution in [0.2, 0.25) is 0 Å². The van der Waals surface area contributed by atoms with E-state index in [2.05, 4.69) is 19.2 Å². The third-order valence-corrected chi connectivity index (χ3v) is 3.76. The Kier molecular flexibility index (Phi) is 5.09. The van der Waals surface area contributed by atoms with Gasteiger partial charge in [-0.1, -0.05) is 39.0 Å². The molecule has 1 aliphatic rings. The maximum absolute atomic E-state index is 11.2. The summed E-state index contributed by atoms with van der Waals surface area (Å²) in [5, 5.41) is 2.96. The summed E-state index contributed by atoms with van der Waals surface area (Å²) >= 11 is 0. The highest BCUT2D eigenvalue weighted by Crippen LogP contribution is 2.31. The second kappa shape index (κ2) is 6.11. The van der Waals surface area contributed by atoms with Crippen molar-refractivity contribution in [3.8, 4) is 0 Å². The van der Waals surface area contributed by atoms with Crippen molar-refractivity contribution < 1.29 is 4.79 Å². The molecule has 0 aromatic carbocycles. The molecule has 3 N–H and O–H groups in total. The summed E-state index contributed by atoms with van der Waals surface area (Å²) in [7, 11) is 0. The number of hydrogen-bond acceptors (Lipinski definition) is 2. The maximum atomic E-state index is 11.2. The Morgan fingerprint density at radius 3 is 2.47 bits per heavy atom. The summed E-state index contributed by atoms with van der Waals surface area (Å²) in [6, 6.07) is 0.254. The van der Waals surface area contributed by atoms with E-state index in [1.54, 1.807) is 0 Å². The molecule has 1 saturated carbocycles. The zero-order valence-corrected chi connectivity index (χ0v) is 9.96. The standard InChI is InChI=1S/C12H24N2O/c1-9(10(2)14-12(15)8-13)11-6-4-3-5-7-11/h9-11H,3-8,13H2,1-2H3,(H,14,15). The number of nitrogens with one attached hydrogen (secondary N) is 1. The van der Waals surface area contributed by atoms with Crippen molar-refractivity contribution >= 4 is 5.91 Å². The van der Waals surface area contributed by atoms with Gasteiger partial charge >= 0.3 is 0 Å². The number of carbonyl (C=O) groups is 1. The van der Waals surface area contributed by atoms with Crippen LogP contribution in [-0.2, 0) is 4.79 Å². The Labute approximate surface area is 92.8 Å². The molecule has 0 aromatic heterocycles. The largest absolute Gasteiger partial charge is 0.352 e. The number of nitrogens with two attached hydrogens (primary N) is 1. The fourth-order valence-electron chi connectivity index (χ4n) is 2.51. The van der Waals surface area contributed by atoms with Gasteiger partial charge in [-0.05, 0) is 18.8 Å². The van der Waals surface area contributed by atoms with Crippen molar-refractivity contribution in [2.45, 2.75) is 52.0 Å². The first kappa shape index (κ1) is 12.5. The third-order valence-electron chi connectivity index (χ3n) is 3.76. The van der Waals surface area contributed by atoms with E-state index >= 15 is 0 Å². The molecule has 0 radical (unpaired) electrons. The van der Waals surface area contributed by atoms with Crippen molar-refractivity contribution in [1.82, 2.24) is 5.32 Å². The summed E-state index contributed by atoms with van der Waals surface area (Å²) in [4.78, 5) is 11.2. The van der Waals surface area contributed by atoms with Gasteiger partial charge in [0.2, 0.25) is 5.91 Å². The van der Waals surface area contributed by atoms with E-state index in [1.807, 2.05) is 0 Å². The van der Waals surface area contributed by atoms with E-state index in [0.717, 1.165) is 5.92 Å². The topological polar surface area (TPSA) is 55.1 Å². The number of hydrogen-bond donors (Lipinski definition) is 2. The monoisotopic (exact) mass is 212 g/mol. The second-order valence-electron chi connectivity index (χ2n) is 4.82. The van der Waals surface area contributed by atoms with Crippen molar-refractivity contribution in [2.75, 3.05) is 6.54 Å². The van der Waals surface area contributed by atoms with Crippen molar-refractivity contribution in [3.05, 3.63) is 0 Å². The predicted molar refractivity (Wildman–Crippen MR) is 62.4 cm³/mol. The quantitative estimate of drug-likeness (QED) is 0.744. The molecule has 1 fully saturated rings. The Bertz CT molecular complexity index is 200. The highest BCUT2D eigenvalue weighted by atomic mass is 16.1. The van der Waals surface area contributed by atoms with Crippen LogP contribution in [0.5, 0.6) is 0 Å². The summed E-state index contributed by atoms with van der Waals surface area (Å²) < 4.78 is 0. The highest BCUT2D eigenvalue weighted by molar-refractivity contribution is 5.78. The Morgan fingerprint density at radius 2 is 1.93 bits per heavy atom. The summed E-state index contributed by atoms with van der Waals surface area (Å²) in [6.45, 7) is 4.44. The fourth-order valence-corrected chi connectivity index (χ4v) is 2.51. The van der Waals surface area contributed by atoms with E-state index in [0.29, 0.717) is 5.92 Å². The average molecular weight is 212 g/mol. The minimum absolute atomic E-state index is 0.0369. The predicted octanol–water partition coefficient (Wildman–Crippen LogP) is 1.67. The fraction of sp³-hybridized carbons (Fsp3) is 0.917. The van der Waals surface area contributed by atoms with Crippen LogP contribution in [0.4, 0.5) is 0 Å².